The summed E-state index contributed by atoms with van der Waals surface area (Å²) >= 11 is 0. The van der Waals surface area contributed by atoms with Gasteiger partial charge in [-0.05, 0) is 31.4 Å². The summed E-state index contributed by atoms with van der Waals surface area (Å²) in [6.45, 7) is 0. The van der Waals surface area contributed by atoms with E-state index >= 15 is 0 Å². The van der Waals surface area contributed by atoms with Crippen molar-refractivity contribution in [1.29, 1.82) is 0 Å². The molecule has 1 aromatic carbocycles. The fourth-order valence-corrected chi connectivity index (χ4v) is 2.43. The first-order chi connectivity index (χ1) is 9.99. The Morgan fingerprint density at radius 2 is 2.14 bits per heavy atom. The SMILES string of the molecule is COc1cc(NC(=O)N[C@H]2CC[C@@H](C(=O)O)C2)ccc1F. The van der Waals surface area contributed by atoms with Gasteiger partial charge in [-0.2, -0.15) is 0 Å². The van der Waals surface area contributed by atoms with E-state index in [-0.39, 0.29) is 11.8 Å². The van der Waals surface area contributed by atoms with Crippen LogP contribution in [0.3, 0.4) is 0 Å². The third kappa shape index (κ3) is 3.84. The number of carbonyl (C=O) groups is 2. The lowest BCUT2D eigenvalue weighted by Gasteiger charge is -2.14. The second kappa shape index (κ2) is 6.43. The Labute approximate surface area is 121 Å². The molecule has 6 nitrogen and oxygen atoms in total. The van der Waals surface area contributed by atoms with Crippen LogP contribution >= 0.6 is 0 Å². The summed E-state index contributed by atoms with van der Waals surface area (Å²) in [6, 6.07) is 3.40. The maximum Gasteiger partial charge on any atom is 0.319 e. The third-order valence-electron chi connectivity index (χ3n) is 3.53. The van der Waals surface area contributed by atoms with Gasteiger partial charge in [0.2, 0.25) is 0 Å². The molecule has 0 saturated heterocycles. The Hall–Kier alpha value is -2.31. The van der Waals surface area contributed by atoms with Gasteiger partial charge in [0.1, 0.15) is 0 Å². The molecule has 0 radical (unpaired) electrons. The number of carboxylic acid groups (broad SMARTS) is 1. The zero-order chi connectivity index (χ0) is 15.4. The van der Waals surface area contributed by atoms with Crippen molar-refractivity contribution in [2.75, 3.05) is 12.4 Å². The van der Waals surface area contributed by atoms with Crippen LogP contribution < -0.4 is 15.4 Å². The summed E-state index contributed by atoms with van der Waals surface area (Å²) in [4.78, 5) is 22.7. The van der Waals surface area contributed by atoms with E-state index in [9.17, 15) is 14.0 Å². The summed E-state index contributed by atoms with van der Waals surface area (Å²) in [5, 5.41) is 14.2. The molecule has 1 aromatic rings. The molecule has 1 aliphatic rings. The number of methoxy groups -OCH3 is 1. The lowest BCUT2D eigenvalue weighted by molar-refractivity contribution is -0.141. The van der Waals surface area contributed by atoms with Crippen LogP contribution in [-0.4, -0.2) is 30.3 Å². The predicted octanol–water partition coefficient (Wildman–Crippen LogP) is 2.21. The van der Waals surface area contributed by atoms with Crippen molar-refractivity contribution in [1.82, 2.24) is 5.32 Å². The molecule has 21 heavy (non-hydrogen) atoms. The van der Waals surface area contributed by atoms with Crippen LogP contribution in [0.2, 0.25) is 0 Å². The molecule has 114 valence electrons. The van der Waals surface area contributed by atoms with Crippen molar-refractivity contribution in [2.45, 2.75) is 25.3 Å². The van der Waals surface area contributed by atoms with E-state index in [1.165, 1.54) is 25.3 Å². The van der Waals surface area contributed by atoms with E-state index in [2.05, 4.69) is 10.6 Å². The molecule has 0 spiro atoms. The van der Waals surface area contributed by atoms with Gasteiger partial charge in [0.05, 0.1) is 13.0 Å². The van der Waals surface area contributed by atoms with Crippen LogP contribution in [0.5, 0.6) is 5.75 Å². The molecule has 3 N–H and O–H groups in total. The number of rotatable bonds is 4. The molecular weight excluding hydrogens is 279 g/mol. The number of hydrogen-bond acceptors (Lipinski definition) is 3. The van der Waals surface area contributed by atoms with E-state index < -0.39 is 23.7 Å². The molecule has 1 aliphatic carbocycles. The Morgan fingerprint density at radius 3 is 2.76 bits per heavy atom. The van der Waals surface area contributed by atoms with Crippen molar-refractivity contribution >= 4 is 17.7 Å². The molecule has 2 amide bonds. The zero-order valence-corrected chi connectivity index (χ0v) is 11.6. The summed E-state index contributed by atoms with van der Waals surface area (Å²) in [7, 11) is 1.34. The number of carbonyl (C=O) groups excluding carboxylic acids is 1. The fraction of sp³-hybridized carbons (Fsp3) is 0.429. The van der Waals surface area contributed by atoms with Gasteiger partial charge in [-0.3, -0.25) is 4.79 Å². The van der Waals surface area contributed by atoms with Crippen LogP contribution in [0, 0.1) is 11.7 Å². The molecule has 2 rings (SSSR count). The highest BCUT2D eigenvalue weighted by atomic mass is 19.1. The monoisotopic (exact) mass is 296 g/mol. The minimum absolute atomic E-state index is 0.0413. The summed E-state index contributed by atoms with van der Waals surface area (Å²) < 4.78 is 18.1. The van der Waals surface area contributed by atoms with Crippen LogP contribution in [0.25, 0.3) is 0 Å². The Morgan fingerprint density at radius 1 is 1.38 bits per heavy atom. The molecule has 0 aromatic heterocycles. The number of halogens is 1. The molecular formula is C14H17FN2O4. The van der Waals surface area contributed by atoms with E-state index in [1.807, 2.05) is 0 Å². The maximum absolute atomic E-state index is 13.2. The van der Waals surface area contributed by atoms with Crippen molar-refractivity contribution in [3.05, 3.63) is 24.0 Å². The molecule has 0 bridgehead atoms. The van der Waals surface area contributed by atoms with Gasteiger partial charge >= 0.3 is 12.0 Å². The lowest BCUT2D eigenvalue weighted by atomic mass is 10.1. The van der Waals surface area contributed by atoms with Crippen molar-refractivity contribution < 1.29 is 23.8 Å². The smallest absolute Gasteiger partial charge is 0.319 e. The van der Waals surface area contributed by atoms with E-state index in [4.69, 9.17) is 9.84 Å². The van der Waals surface area contributed by atoms with Crippen molar-refractivity contribution in [3.8, 4) is 5.75 Å². The number of aliphatic carboxylic acids is 1. The standard InChI is InChI=1S/C14H17FN2O4/c1-21-12-7-10(4-5-11(12)15)17-14(20)16-9-3-2-8(6-9)13(18)19/h4-5,7-9H,2-3,6H2,1H3,(H,18,19)(H2,16,17,20)/t8-,9+/m1/s1. The largest absolute Gasteiger partial charge is 0.494 e. The fourth-order valence-electron chi connectivity index (χ4n) is 2.43. The lowest BCUT2D eigenvalue weighted by Crippen LogP contribution is -2.36. The third-order valence-corrected chi connectivity index (χ3v) is 3.53. The summed E-state index contributed by atoms with van der Waals surface area (Å²) in [5.74, 6) is -1.70. The topological polar surface area (TPSA) is 87.7 Å². The highest BCUT2D eigenvalue weighted by Gasteiger charge is 2.30. The molecule has 1 saturated carbocycles. The average molecular weight is 296 g/mol. The summed E-state index contributed by atoms with van der Waals surface area (Å²) in [5.41, 5.74) is 0.401. The van der Waals surface area contributed by atoms with Gasteiger partial charge in [-0.1, -0.05) is 0 Å². The molecule has 0 unspecified atom stereocenters. The van der Waals surface area contributed by atoms with Gasteiger partial charge < -0.3 is 20.5 Å². The number of hydrogen-bond donors (Lipinski definition) is 3. The molecule has 2 atom stereocenters. The number of benzene rings is 1. The van der Waals surface area contributed by atoms with Crippen LogP contribution in [-0.2, 0) is 4.79 Å². The average Bonchev–Trinajstić information content (AvgIpc) is 2.89. The van der Waals surface area contributed by atoms with Gasteiger partial charge in [-0.15, -0.1) is 0 Å². The second-order valence-electron chi connectivity index (χ2n) is 4.99. The predicted molar refractivity (Wildman–Crippen MR) is 73.9 cm³/mol. The van der Waals surface area contributed by atoms with Gasteiger partial charge in [0.25, 0.3) is 0 Å². The van der Waals surface area contributed by atoms with Crippen molar-refractivity contribution in [2.24, 2.45) is 5.92 Å². The van der Waals surface area contributed by atoms with Crippen LogP contribution in [0.4, 0.5) is 14.9 Å². The molecule has 0 aliphatic heterocycles. The zero-order valence-electron chi connectivity index (χ0n) is 11.6. The number of nitrogens with one attached hydrogen (secondary N) is 2. The molecule has 7 heteroatoms. The number of anilines is 1. The van der Waals surface area contributed by atoms with Gasteiger partial charge in [-0.25, -0.2) is 9.18 Å². The summed E-state index contributed by atoms with van der Waals surface area (Å²) in [6.07, 6.45) is 1.62. The first-order valence-electron chi connectivity index (χ1n) is 6.63. The molecule has 1 fully saturated rings. The maximum atomic E-state index is 13.2. The van der Waals surface area contributed by atoms with Crippen LogP contribution in [0.1, 0.15) is 19.3 Å². The number of urea groups is 1. The Balaban J connectivity index is 1.89. The van der Waals surface area contributed by atoms with Gasteiger partial charge in [0.15, 0.2) is 11.6 Å². The number of amides is 2. The quantitative estimate of drug-likeness (QED) is 0.795. The van der Waals surface area contributed by atoms with E-state index in [0.29, 0.717) is 24.9 Å². The second-order valence-corrected chi connectivity index (χ2v) is 4.99. The highest BCUT2D eigenvalue weighted by Crippen LogP contribution is 2.26. The first kappa shape index (κ1) is 15.1. The minimum Gasteiger partial charge on any atom is -0.494 e. The van der Waals surface area contributed by atoms with Crippen molar-refractivity contribution in [3.63, 3.8) is 0 Å². The van der Waals surface area contributed by atoms with Gasteiger partial charge in [0, 0.05) is 17.8 Å². The Kier molecular flexibility index (Phi) is 4.62. The van der Waals surface area contributed by atoms with E-state index in [0.717, 1.165) is 0 Å². The number of carboxylic acids is 1. The minimum atomic E-state index is -0.831. The van der Waals surface area contributed by atoms with E-state index in [1.54, 1.807) is 0 Å². The highest BCUT2D eigenvalue weighted by molar-refractivity contribution is 5.89. The number of ether oxygens (including phenoxy) is 1. The molecule has 0 heterocycles. The first-order valence-corrected chi connectivity index (χ1v) is 6.63. The Bertz CT molecular complexity index is 550. The normalized spacial score (nSPS) is 20.9. The van der Waals surface area contributed by atoms with Crippen LogP contribution in [0.15, 0.2) is 18.2 Å².